The van der Waals surface area contributed by atoms with Crippen molar-refractivity contribution in [1.82, 2.24) is 5.43 Å². The fourth-order valence-electron chi connectivity index (χ4n) is 3.23. The van der Waals surface area contributed by atoms with E-state index < -0.39 is 10.0 Å². The van der Waals surface area contributed by atoms with Gasteiger partial charge in [0.2, 0.25) is 0 Å². The highest BCUT2D eigenvalue weighted by Crippen LogP contribution is 2.39. The van der Waals surface area contributed by atoms with Gasteiger partial charge in [-0.05, 0) is 40.7 Å². The summed E-state index contributed by atoms with van der Waals surface area (Å²) in [5, 5.41) is 15.0. The topological polar surface area (TPSA) is 91.1 Å². The van der Waals surface area contributed by atoms with Crippen LogP contribution < -0.4 is 5.43 Å². The molecule has 2 aromatic carbocycles. The van der Waals surface area contributed by atoms with Crippen molar-refractivity contribution in [1.29, 1.82) is 0 Å². The number of hydrazone groups is 1. The minimum Gasteiger partial charge on any atom is -0.507 e. The van der Waals surface area contributed by atoms with Crippen molar-refractivity contribution in [2.75, 3.05) is 0 Å². The molecule has 0 radical (unpaired) electrons. The highest BCUT2D eigenvalue weighted by Gasteiger charge is 2.28. The normalized spacial score (nSPS) is 16.0. The van der Waals surface area contributed by atoms with Crippen LogP contribution in [-0.4, -0.2) is 25.6 Å². The summed E-state index contributed by atoms with van der Waals surface area (Å²) in [6.45, 7) is 12.3. The predicted octanol–water partition coefficient (Wildman–Crippen LogP) is 4.06. The van der Waals surface area contributed by atoms with Crippen molar-refractivity contribution in [3.05, 3.63) is 58.7 Å². The van der Waals surface area contributed by atoms with E-state index in [1.165, 1.54) is 6.07 Å². The number of aromatic hydroxyl groups is 1. The maximum absolute atomic E-state index is 12.1. The Kier molecular flexibility index (Phi) is 5.07. The molecule has 0 aliphatic carbocycles. The van der Waals surface area contributed by atoms with Crippen LogP contribution >= 0.6 is 0 Å². The van der Waals surface area contributed by atoms with Crippen LogP contribution in [0, 0.1) is 0 Å². The third-order valence-corrected chi connectivity index (χ3v) is 6.10. The lowest BCUT2D eigenvalue weighted by Crippen LogP contribution is -2.19. The van der Waals surface area contributed by atoms with Crippen LogP contribution in [0.4, 0.5) is 0 Å². The zero-order valence-electron chi connectivity index (χ0n) is 17.6. The molecule has 6 nitrogen and oxygen atoms in total. The molecule has 0 bridgehead atoms. The second kappa shape index (κ2) is 6.99. The number of phenols is 1. The molecule has 0 saturated carbocycles. The van der Waals surface area contributed by atoms with Gasteiger partial charge < -0.3 is 5.11 Å². The van der Waals surface area contributed by atoms with Crippen molar-refractivity contribution in [3.63, 3.8) is 0 Å². The van der Waals surface area contributed by atoms with Crippen molar-refractivity contribution in [3.8, 4) is 5.75 Å². The summed E-state index contributed by atoms with van der Waals surface area (Å²) >= 11 is 0. The van der Waals surface area contributed by atoms with Crippen LogP contribution in [0.1, 0.15) is 63.8 Å². The van der Waals surface area contributed by atoms with Gasteiger partial charge in [-0.3, -0.25) is 5.43 Å². The Morgan fingerprint density at radius 1 is 1.00 bits per heavy atom. The lowest BCUT2D eigenvalue weighted by atomic mass is 9.78. The van der Waals surface area contributed by atoms with Gasteiger partial charge in [0.05, 0.1) is 6.21 Å². The Morgan fingerprint density at radius 3 is 2.10 bits per heavy atom. The molecule has 0 amide bonds. The molecule has 1 heterocycles. The van der Waals surface area contributed by atoms with E-state index in [0.29, 0.717) is 11.3 Å². The molecule has 3 rings (SSSR count). The number of phenolic OH excluding ortho intramolecular Hbond substituents is 1. The second-order valence-corrected chi connectivity index (χ2v) is 10.8. The third kappa shape index (κ3) is 4.19. The quantitative estimate of drug-likeness (QED) is 0.574. The molecule has 1 aliphatic rings. The molecule has 2 aromatic rings. The van der Waals surface area contributed by atoms with E-state index in [9.17, 15) is 13.5 Å². The second-order valence-electron chi connectivity index (χ2n) is 9.25. The first-order valence-electron chi connectivity index (χ1n) is 9.42. The van der Waals surface area contributed by atoms with Gasteiger partial charge in [-0.2, -0.15) is 13.5 Å². The molecule has 0 unspecified atom stereocenters. The molecule has 29 heavy (non-hydrogen) atoms. The first kappa shape index (κ1) is 21.0. The van der Waals surface area contributed by atoms with E-state index >= 15 is 0 Å². The standard InChI is InChI=1S/C22H27N3O3S/c1-21(2,3)16-11-14(12-17(19(16)26)22(4,5)6)13-23-24-20-15-9-7-8-10-18(15)29(27,28)25-20/h7-13,26H,1-6H3,(H,24,25)/b23-13+. The molecule has 0 saturated heterocycles. The first-order valence-corrected chi connectivity index (χ1v) is 10.9. The molecule has 0 aromatic heterocycles. The van der Waals surface area contributed by atoms with E-state index in [1.54, 1.807) is 24.4 Å². The maximum Gasteiger partial charge on any atom is 0.285 e. The minimum atomic E-state index is -3.69. The summed E-state index contributed by atoms with van der Waals surface area (Å²) in [7, 11) is -3.69. The highest BCUT2D eigenvalue weighted by atomic mass is 32.2. The van der Waals surface area contributed by atoms with Crippen LogP contribution in [0.15, 0.2) is 50.8 Å². The fourth-order valence-corrected chi connectivity index (χ4v) is 4.40. The van der Waals surface area contributed by atoms with Crippen molar-refractivity contribution in [2.24, 2.45) is 9.50 Å². The molecule has 0 atom stereocenters. The van der Waals surface area contributed by atoms with E-state index in [0.717, 1.165) is 16.7 Å². The van der Waals surface area contributed by atoms with Gasteiger partial charge in [0.25, 0.3) is 10.0 Å². The monoisotopic (exact) mass is 413 g/mol. The Balaban J connectivity index is 1.96. The molecule has 7 heteroatoms. The fraction of sp³-hybridized carbons (Fsp3) is 0.364. The summed E-state index contributed by atoms with van der Waals surface area (Å²) in [4.78, 5) is 0.173. The van der Waals surface area contributed by atoms with Crippen molar-refractivity contribution in [2.45, 2.75) is 57.3 Å². The number of nitrogens with zero attached hydrogens (tertiary/aromatic N) is 2. The van der Waals surface area contributed by atoms with E-state index in [2.05, 4.69) is 14.9 Å². The highest BCUT2D eigenvalue weighted by molar-refractivity contribution is 7.90. The van der Waals surface area contributed by atoms with Gasteiger partial charge in [0.15, 0.2) is 5.84 Å². The van der Waals surface area contributed by atoms with Crippen LogP contribution in [0.5, 0.6) is 5.75 Å². The first-order chi connectivity index (χ1) is 13.3. The smallest absolute Gasteiger partial charge is 0.285 e. The van der Waals surface area contributed by atoms with Crippen molar-refractivity contribution < 1.29 is 13.5 Å². The van der Waals surface area contributed by atoms with Crippen LogP contribution in [0.2, 0.25) is 0 Å². The zero-order chi connectivity index (χ0) is 21.6. The molecule has 1 aliphatic heterocycles. The predicted molar refractivity (Wildman–Crippen MR) is 116 cm³/mol. The Morgan fingerprint density at radius 2 is 1.55 bits per heavy atom. The van der Waals surface area contributed by atoms with Gasteiger partial charge in [-0.1, -0.05) is 53.7 Å². The Bertz CT molecular complexity index is 1080. The molecular weight excluding hydrogens is 386 g/mol. The van der Waals surface area contributed by atoms with Crippen molar-refractivity contribution >= 4 is 22.1 Å². The summed E-state index contributed by atoms with van der Waals surface area (Å²) in [6, 6.07) is 10.4. The maximum atomic E-state index is 12.1. The van der Waals surface area contributed by atoms with Gasteiger partial charge in [0, 0.05) is 16.7 Å². The number of fused-ring (bicyclic) bond motifs is 1. The number of nitrogens with one attached hydrogen (secondary N) is 1. The largest absolute Gasteiger partial charge is 0.507 e. The summed E-state index contributed by atoms with van der Waals surface area (Å²) in [6.07, 6.45) is 1.61. The summed E-state index contributed by atoms with van der Waals surface area (Å²) < 4.78 is 28.0. The number of rotatable bonds is 2. The summed E-state index contributed by atoms with van der Waals surface area (Å²) in [5.74, 6) is 0.498. The molecule has 0 fully saturated rings. The van der Waals surface area contributed by atoms with Crippen LogP contribution in [0.25, 0.3) is 0 Å². The Hall–Kier alpha value is -2.67. The van der Waals surface area contributed by atoms with Gasteiger partial charge in [-0.25, -0.2) is 0 Å². The average Bonchev–Trinajstić information content (AvgIpc) is 2.85. The lowest BCUT2D eigenvalue weighted by Gasteiger charge is -2.27. The van der Waals surface area contributed by atoms with E-state index in [-0.39, 0.29) is 21.6 Å². The lowest BCUT2D eigenvalue weighted by molar-refractivity contribution is 0.423. The number of hydrogen-bond acceptors (Lipinski definition) is 5. The van der Waals surface area contributed by atoms with Gasteiger partial charge in [-0.15, -0.1) is 4.40 Å². The number of hydrogen-bond donors (Lipinski definition) is 2. The molecular formula is C22H27N3O3S. The van der Waals surface area contributed by atoms with E-state index in [4.69, 9.17) is 0 Å². The van der Waals surface area contributed by atoms with E-state index in [1.807, 2.05) is 53.7 Å². The minimum absolute atomic E-state index is 0.173. The number of benzene rings is 2. The Labute approximate surface area is 172 Å². The SMILES string of the molecule is CC(C)(C)c1cc(/C=N/NC2=NS(=O)(=O)c3ccccc32)cc(C(C)(C)C)c1O. The number of sulfonamides is 1. The van der Waals surface area contributed by atoms with Gasteiger partial charge in [0.1, 0.15) is 10.6 Å². The molecule has 154 valence electrons. The zero-order valence-corrected chi connectivity index (χ0v) is 18.4. The van der Waals surface area contributed by atoms with Crippen LogP contribution in [0.3, 0.4) is 0 Å². The molecule has 0 spiro atoms. The number of amidine groups is 1. The molecule has 2 N–H and O–H groups in total. The van der Waals surface area contributed by atoms with Crippen LogP contribution in [-0.2, 0) is 20.9 Å². The average molecular weight is 414 g/mol. The summed E-state index contributed by atoms with van der Waals surface area (Å²) in [5.41, 5.74) is 5.23. The third-order valence-electron chi connectivity index (χ3n) is 4.76. The van der Waals surface area contributed by atoms with Gasteiger partial charge >= 0.3 is 0 Å².